The first-order valence-corrected chi connectivity index (χ1v) is 7.39. The average Bonchev–Trinajstić information content (AvgIpc) is 2.44. The summed E-state index contributed by atoms with van der Waals surface area (Å²) in [5, 5.41) is 4.35. The molecule has 0 fully saturated rings. The van der Waals surface area contributed by atoms with Crippen LogP contribution in [0.3, 0.4) is 0 Å². The van der Waals surface area contributed by atoms with Gasteiger partial charge in [0.2, 0.25) is 0 Å². The van der Waals surface area contributed by atoms with Crippen molar-refractivity contribution >= 4 is 11.6 Å². The lowest BCUT2D eigenvalue weighted by Crippen LogP contribution is -2.24. The first kappa shape index (κ1) is 15.0. The standard InChI is InChI=1S/C17H21ClN2/c1-4-19-17(10-14-9-8-12(2)11-20-14)15-6-5-7-16(18)13(15)3/h5-9,11,17,19H,4,10H2,1-3H3. The first-order valence-electron chi connectivity index (χ1n) is 7.01. The van der Waals surface area contributed by atoms with Crippen LogP contribution in [-0.2, 0) is 6.42 Å². The Bertz CT molecular complexity index is 564. The highest BCUT2D eigenvalue weighted by Crippen LogP contribution is 2.26. The minimum Gasteiger partial charge on any atom is -0.310 e. The summed E-state index contributed by atoms with van der Waals surface area (Å²) in [4.78, 5) is 4.50. The van der Waals surface area contributed by atoms with E-state index in [2.05, 4.69) is 49.3 Å². The number of hydrogen-bond acceptors (Lipinski definition) is 2. The van der Waals surface area contributed by atoms with Crippen LogP contribution in [0.5, 0.6) is 0 Å². The van der Waals surface area contributed by atoms with Gasteiger partial charge in [-0.3, -0.25) is 4.98 Å². The third-order valence-electron chi connectivity index (χ3n) is 3.52. The van der Waals surface area contributed by atoms with Gasteiger partial charge in [-0.25, -0.2) is 0 Å². The second-order valence-electron chi connectivity index (χ2n) is 5.10. The van der Waals surface area contributed by atoms with Gasteiger partial charge in [0, 0.05) is 29.4 Å². The Kier molecular flexibility index (Phi) is 5.16. The molecule has 1 heterocycles. The number of benzene rings is 1. The maximum atomic E-state index is 6.24. The third kappa shape index (κ3) is 3.59. The van der Waals surface area contributed by atoms with Crippen LogP contribution in [-0.4, -0.2) is 11.5 Å². The molecule has 1 aromatic heterocycles. The third-order valence-corrected chi connectivity index (χ3v) is 3.93. The zero-order valence-corrected chi connectivity index (χ0v) is 13.0. The van der Waals surface area contributed by atoms with Crippen LogP contribution >= 0.6 is 11.6 Å². The van der Waals surface area contributed by atoms with Crippen molar-refractivity contribution in [2.45, 2.75) is 33.2 Å². The van der Waals surface area contributed by atoms with E-state index >= 15 is 0 Å². The number of aryl methyl sites for hydroxylation is 1. The number of nitrogens with zero attached hydrogens (tertiary/aromatic N) is 1. The van der Waals surface area contributed by atoms with E-state index < -0.39 is 0 Å². The topological polar surface area (TPSA) is 24.9 Å². The fraction of sp³-hybridized carbons (Fsp3) is 0.353. The van der Waals surface area contributed by atoms with Crippen LogP contribution in [0, 0.1) is 13.8 Å². The van der Waals surface area contributed by atoms with Gasteiger partial charge in [0.1, 0.15) is 0 Å². The second kappa shape index (κ2) is 6.87. The number of likely N-dealkylation sites (N-methyl/N-ethyl adjacent to an activating group) is 1. The van der Waals surface area contributed by atoms with Crippen molar-refractivity contribution in [3.63, 3.8) is 0 Å². The number of pyridine rings is 1. The largest absolute Gasteiger partial charge is 0.310 e. The Balaban J connectivity index is 2.26. The molecule has 0 aliphatic carbocycles. The lowest BCUT2D eigenvalue weighted by Gasteiger charge is -2.20. The lowest BCUT2D eigenvalue weighted by atomic mass is 9.97. The minimum absolute atomic E-state index is 0.244. The summed E-state index contributed by atoms with van der Waals surface area (Å²) in [7, 11) is 0. The zero-order valence-electron chi connectivity index (χ0n) is 12.3. The van der Waals surface area contributed by atoms with E-state index in [9.17, 15) is 0 Å². The molecule has 0 spiro atoms. The van der Waals surface area contributed by atoms with Crippen LogP contribution < -0.4 is 5.32 Å². The summed E-state index contributed by atoms with van der Waals surface area (Å²) in [6.45, 7) is 7.17. The van der Waals surface area contributed by atoms with Crippen molar-refractivity contribution in [2.75, 3.05) is 6.54 Å². The van der Waals surface area contributed by atoms with Crippen LogP contribution in [0.25, 0.3) is 0 Å². The molecule has 0 aliphatic heterocycles. The maximum Gasteiger partial charge on any atom is 0.0438 e. The van der Waals surface area contributed by atoms with Crippen molar-refractivity contribution in [3.8, 4) is 0 Å². The van der Waals surface area contributed by atoms with Crippen LogP contribution in [0.15, 0.2) is 36.5 Å². The normalized spacial score (nSPS) is 12.4. The molecule has 1 unspecified atom stereocenters. The highest BCUT2D eigenvalue weighted by Gasteiger charge is 2.15. The molecule has 0 saturated carbocycles. The predicted octanol–water partition coefficient (Wildman–Crippen LogP) is 4.25. The molecule has 1 atom stereocenters. The molecule has 20 heavy (non-hydrogen) atoms. The maximum absolute atomic E-state index is 6.24. The molecule has 0 radical (unpaired) electrons. The van der Waals surface area contributed by atoms with E-state index in [1.54, 1.807) is 0 Å². The quantitative estimate of drug-likeness (QED) is 0.890. The van der Waals surface area contributed by atoms with Crippen molar-refractivity contribution in [3.05, 3.63) is 63.9 Å². The molecule has 106 valence electrons. The van der Waals surface area contributed by atoms with E-state index in [1.807, 2.05) is 18.3 Å². The molecule has 0 aliphatic rings. The smallest absolute Gasteiger partial charge is 0.0438 e. The fourth-order valence-electron chi connectivity index (χ4n) is 2.37. The van der Waals surface area contributed by atoms with E-state index in [0.29, 0.717) is 0 Å². The SMILES string of the molecule is CCNC(Cc1ccc(C)cn1)c1cccc(Cl)c1C. The van der Waals surface area contributed by atoms with Gasteiger partial charge in [-0.15, -0.1) is 0 Å². The zero-order chi connectivity index (χ0) is 14.5. The molecule has 1 N–H and O–H groups in total. The van der Waals surface area contributed by atoms with Gasteiger partial charge in [0.15, 0.2) is 0 Å². The Morgan fingerprint density at radius 3 is 2.65 bits per heavy atom. The molecule has 0 amide bonds. The van der Waals surface area contributed by atoms with Crippen molar-refractivity contribution in [2.24, 2.45) is 0 Å². The second-order valence-corrected chi connectivity index (χ2v) is 5.50. The van der Waals surface area contributed by atoms with Gasteiger partial charge in [-0.1, -0.05) is 36.7 Å². The Labute approximate surface area is 126 Å². The molecule has 0 bridgehead atoms. The van der Waals surface area contributed by atoms with E-state index in [4.69, 9.17) is 11.6 Å². The van der Waals surface area contributed by atoms with Crippen molar-refractivity contribution < 1.29 is 0 Å². The Hall–Kier alpha value is -1.38. The molecule has 0 saturated heterocycles. The van der Waals surface area contributed by atoms with Gasteiger partial charge >= 0.3 is 0 Å². The molecule has 1 aromatic carbocycles. The number of hydrogen-bond donors (Lipinski definition) is 1. The minimum atomic E-state index is 0.244. The predicted molar refractivity (Wildman–Crippen MR) is 85.3 cm³/mol. The molecule has 2 aromatic rings. The van der Waals surface area contributed by atoms with Gasteiger partial charge in [0.05, 0.1) is 0 Å². The summed E-state index contributed by atoms with van der Waals surface area (Å²) in [6, 6.07) is 10.5. The van der Waals surface area contributed by atoms with E-state index in [-0.39, 0.29) is 6.04 Å². The lowest BCUT2D eigenvalue weighted by molar-refractivity contribution is 0.541. The Morgan fingerprint density at radius 1 is 1.20 bits per heavy atom. The van der Waals surface area contributed by atoms with Crippen LogP contribution in [0.4, 0.5) is 0 Å². The summed E-state index contributed by atoms with van der Waals surface area (Å²) in [5.74, 6) is 0. The van der Waals surface area contributed by atoms with Gasteiger partial charge < -0.3 is 5.32 Å². The molecule has 3 heteroatoms. The number of aromatic nitrogens is 1. The van der Waals surface area contributed by atoms with Crippen molar-refractivity contribution in [1.82, 2.24) is 10.3 Å². The number of halogens is 1. The fourth-order valence-corrected chi connectivity index (χ4v) is 2.55. The molecular formula is C17H21ClN2. The molecular weight excluding hydrogens is 268 g/mol. The summed E-state index contributed by atoms with van der Waals surface area (Å²) >= 11 is 6.24. The highest BCUT2D eigenvalue weighted by molar-refractivity contribution is 6.31. The highest BCUT2D eigenvalue weighted by atomic mass is 35.5. The van der Waals surface area contributed by atoms with E-state index in [1.165, 1.54) is 11.1 Å². The van der Waals surface area contributed by atoms with Gasteiger partial charge in [-0.2, -0.15) is 0 Å². The van der Waals surface area contributed by atoms with Gasteiger partial charge in [0.25, 0.3) is 0 Å². The molecule has 2 rings (SSSR count). The van der Waals surface area contributed by atoms with Gasteiger partial charge in [-0.05, 0) is 49.2 Å². The number of nitrogens with one attached hydrogen (secondary N) is 1. The first-order chi connectivity index (χ1) is 9.61. The molecule has 2 nitrogen and oxygen atoms in total. The van der Waals surface area contributed by atoms with E-state index in [0.717, 1.165) is 29.2 Å². The Morgan fingerprint density at radius 2 is 2.00 bits per heavy atom. The summed E-state index contributed by atoms with van der Waals surface area (Å²) in [6.07, 6.45) is 2.79. The van der Waals surface area contributed by atoms with Crippen LogP contribution in [0.1, 0.15) is 35.3 Å². The number of rotatable bonds is 5. The average molecular weight is 289 g/mol. The summed E-state index contributed by atoms with van der Waals surface area (Å²) in [5.41, 5.74) is 4.68. The summed E-state index contributed by atoms with van der Waals surface area (Å²) < 4.78 is 0. The van der Waals surface area contributed by atoms with Crippen molar-refractivity contribution in [1.29, 1.82) is 0 Å². The van der Waals surface area contributed by atoms with Crippen LogP contribution in [0.2, 0.25) is 5.02 Å². The monoisotopic (exact) mass is 288 g/mol.